The number of hydrogen-bond acceptors (Lipinski definition) is 2. The highest BCUT2D eigenvalue weighted by Crippen LogP contribution is 2.35. The molecule has 0 radical (unpaired) electrons. The Morgan fingerprint density at radius 1 is 1.35 bits per heavy atom. The standard InChI is InChI=1S/C13H18F2N2/c1-8-5-10(12(15)7-11(8)14)13(17-16)6-9-3-2-4-9/h5,7,9,13,17H,2-4,6,16H2,1H3. The molecular weight excluding hydrogens is 222 g/mol. The lowest BCUT2D eigenvalue weighted by atomic mass is 9.79. The van der Waals surface area contributed by atoms with Gasteiger partial charge in [0, 0.05) is 17.7 Å². The Morgan fingerprint density at radius 3 is 2.59 bits per heavy atom. The number of benzene rings is 1. The second-order valence-corrected chi connectivity index (χ2v) is 4.87. The average Bonchev–Trinajstić information content (AvgIpc) is 2.23. The van der Waals surface area contributed by atoms with Gasteiger partial charge in [0.05, 0.1) is 0 Å². The zero-order valence-corrected chi connectivity index (χ0v) is 9.97. The van der Waals surface area contributed by atoms with Crippen LogP contribution in [-0.2, 0) is 0 Å². The second kappa shape index (κ2) is 5.10. The maximum Gasteiger partial charge on any atom is 0.130 e. The van der Waals surface area contributed by atoms with Gasteiger partial charge in [-0.1, -0.05) is 19.3 Å². The third-order valence-electron chi connectivity index (χ3n) is 3.65. The summed E-state index contributed by atoms with van der Waals surface area (Å²) in [7, 11) is 0. The number of nitrogens with one attached hydrogen (secondary N) is 1. The summed E-state index contributed by atoms with van der Waals surface area (Å²) >= 11 is 0. The van der Waals surface area contributed by atoms with Crippen LogP contribution >= 0.6 is 0 Å². The van der Waals surface area contributed by atoms with Crippen molar-refractivity contribution < 1.29 is 8.78 Å². The minimum Gasteiger partial charge on any atom is -0.271 e. The molecule has 1 fully saturated rings. The van der Waals surface area contributed by atoms with Crippen molar-refractivity contribution in [2.75, 3.05) is 0 Å². The van der Waals surface area contributed by atoms with Gasteiger partial charge in [-0.05, 0) is 30.9 Å². The Kier molecular flexibility index (Phi) is 3.74. The highest BCUT2D eigenvalue weighted by molar-refractivity contribution is 5.28. The third-order valence-corrected chi connectivity index (χ3v) is 3.65. The number of aryl methyl sites for hydroxylation is 1. The fourth-order valence-electron chi connectivity index (χ4n) is 2.29. The monoisotopic (exact) mass is 240 g/mol. The molecule has 1 aliphatic carbocycles. The molecule has 0 saturated heterocycles. The predicted molar refractivity (Wildman–Crippen MR) is 63.1 cm³/mol. The third kappa shape index (κ3) is 2.64. The molecule has 1 saturated carbocycles. The summed E-state index contributed by atoms with van der Waals surface area (Å²) < 4.78 is 26.9. The predicted octanol–water partition coefficient (Wildman–Crippen LogP) is 2.97. The van der Waals surface area contributed by atoms with Crippen LogP contribution in [0.25, 0.3) is 0 Å². The summed E-state index contributed by atoms with van der Waals surface area (Å²) in [6.07, 6.45) is 4.42. The highest BCUT2D eigenvalue weighted by Gasteiger charge is 2.24. The number of rotatable bonds is 4. The van der Waals surface area contributed by atoms with Crippen LogP contribution in [0, 0.1) is 24.5 Å². The van der Waals surface area contributed by atoms with Crippen LogP contribution in [0.1, 0.15) is 42.9 Å². The molecule has 1 unspecified atom stereocenters. The zero-order chi connectivity index (χ0) is 12.4. The van der Waals surface area contributed by atoms with E-state index in [1.54, 1.807) is 13.0 Å². The van der Waals surface area contributed by atoms with Crippen LogP contribution in [0.4, 0.5) is 8.78 Å². The quantitative estimate of drug-likeness (QED) is 0.627. The Morgan fingerprint density at radius 2 is 2.06 bits per heavy atom. The molecule has 0 bridgehead atoms. The smallest absolute Gasteiger partial charge is 0.130 e. The molecule has 1 aromatic carbocycles. The minimum atomic E-state index is -0.518. The molecule has 0 aliphatic heterocycles. The van der Waals surface area contributed by atoms with Gasteiger partial charge < -0.3 is 0 Å². The number of hydrogen-bond donors (Lipinski definition) is 2. The molecule has 4 heteroatoms. The van der Waals surface area contributed by atoms with E-state index in [-0.39, 0.29) is 6.04 Å². The van der Waals surface area contributed by atoms with Crippen molar-refractivity contribution in [3.63, 3.8) is 0 Å². The molecule has 3 N–H and O–H groups in total. The molecule has 0 aromatic heterocycles. The van der Waals surface area contributed by atoms with E-state index in [0.717, 1.165) is 12.5 Å². The van der Waals surface area contributed by atoms with Gasteiger partial charge >= 0.3 is 0 Å². The second-order valence-electron chi connectivity index (χ2n) is 4.87. The fourth-order valence-corrected chi connectivity index (χ4v) is 2.29. The summed E-state index contributed by atoms with van der Waals surface area (Å²) in [6, 6.07) is 2.27. The van der Waals surface area contributed by atoms with E-state index in [1.807, 2.05) is 0 Å². The largest absolute Gasteiger partial charge is 0.271 e. The summed E-state index contributed by atoms with van der Waals surface area (Å²) in [4.78, 5) is 0. The van der Waals surface area contributed by atoms with Gasteiger partial charge in [0.15, 0.2) is 0 Å². The lowest BCUT2D eigenvalue weighted by Crippen LogP contribution is -2.31. The molecule has 0 amide bonds. The van der Waals surface area contributed by atoms with E-state index in [9.17, 15) is 8.78 Å². The molecule has 17 heavy (non-hydrogen) atoms. The van der Waals surface area contributed by atoms with Gasteiger partial charge in [-0.3, -0.25) is 11.3 Å². The van der Waals surface area contributed by atoms with E-state index in [2.05, 4.69) is 5.43 Å². The Hall–Kier alpha value is -1.00. The van der Waals surface area contributed by atoms with Crippen LogP contribution in [0.15, 0.2) is 12.1 Å². The minimum absolute atomic E-state index is 0.223. The van der Waals surface area contributed by atoms with Crippen LogP contribution < -0.4 is 11.3 Å². The van der Waals surface area contributed by atoms with Crippen molar-refractivity contribution in [3.05, 3.63) is 34.9 Å². The van der Waals surface area contributed by atoms with Crippen molar-refractivity contribution in [3.8, 4) is 0 Å². The molecule has 1 atom stereocenters. The van der Waals surface area contributed by atoms with Crippen LogP contribution in [-0.4, -0.2) is 0 Å². The molecule has 1 aliphatic rings. The summed E-state index contributed by atoms with van der Waals surface area (Å²) in [5.74, 6) is 5.06. The fraction of sp³-hybridized carbons (Fsp3) is 0.538. The topological polar surface area (TPSA) is 38.0 Å². The summed E-state index contributed by atoms with van der Waals surface area (Å²) in [6.45, 7) is 1.63. The SMILES string of the molecule is Cc1cc(C(CC2CCC2)NN)c(F)cc1F. The molecule has 2 nitrogen and oxygen atoms in total. The first kappa shape index (κ1) is 12.5. The lowest BCUT2D eigenvalue weighted by molar-refractivity contribution is 0.259. The van der Waals surface area contributed by atoms with Crippen molar-refractivity contribution in [1.29, 1.82) is 0 Å². The Bertz CT molecular complexity index is 403. The van der Waals surface area contributed by atoms with Crippen LogP contribution in [0.2, 0.25) is 0 Å². The first-order valence-electron chi connectivity index (χ1n) is 6.03. The van der Waals surface area contributed by atoms with E-state index in [4.69, 9.17) is 5.84 Å². The molecule has 1 aromatic rings. The average molecular weight is 240 g/mol. The van der Waals surface area contributed by atoms with Crippen molar-refractivity contribution >= 4 is 0 Å². The molecular formula is C13H18F2N2. The van der Waals surface area contributed by atoms with Crippen molar-refractivity contribution in [2.24, 2.45) is 11.8 Å². The van der Waals surface area contributed by atoms with E-state index >= 15 is 0 Å². The van der Waals surface area contributed by atoms with Gasteiger partial charge in [-0.15, -0.1) is 0 Å². The number of nitrogens with two attached hydrogens (primary N) is 1. The summed E-state index contributed by atoms with van der Waals surface area (Å²) in [5, 5.41) is 0. The Labute approximate surface area is 100 Å². The van der Waals surface area contributed by atoms with Gasteiger partial charge in [-0.2, -0.15) is 0 Å². The van der Waals surface area contributed by atoms with Gasteiger partial charge in [0.1, 0.15) is 11.6 Å². The van der Waals surface area contributed by atoms with E-state index in [0.29, 0.717) is 17.0 Å². The normalized spacial score (nSPS) is 17.9. The Balaban J connectivity index is 2.19. The lowest BCUT2D eigenvalue weighted by Gasteiger charge is -2.29. The van der Waals surface area contributed by atoms with Gasteiger partial charge in [0.25, 0.3) is 0 Å². The zero-order valence-electron chi connectivity index (χ0n) is 9.97. The number of hydrazine groups is 1. The highest BCUT2D eigenvalue weighted by atomic mass is 19.1. The maximum absolute atomic E-state index is 13.7. The molecule has 2 rings (SSSR count). The van der Waals surface area contributed by atoms with Gasteiger partial charge in [-0.25, -0.2) is 8.78 Å². The van der Waals surface area contributed by atoms with Gasteiger partial charge in [0.2, 0.25) is 0 Å². The summed E-state index contributed by atoms with van der Waals surface area (Å²) in [5.41, 5.74) is 3.57. The first-order valence-corrected chi connectivity index (χ1v) is 6.03. The van der Waals surface area contributed by atoms with E-state index < -0.39 is 11.6 Å². The maximum atomic E-state index is 13.7. The van der Waals surface area contributed by atoms with Crippen molar-refractivity contribution in [1.82, 2.24) is 5.43 Å². The van der Waals surface area contributed by atoms with E-state index in [1.165, 1.54) is 19.3 Å². The number of halogens is 2. The van der Waals surface area contributed by atoms with Crippen molar-refractivity contribution in [2.45, 2.75) is 38.6 Å². The van der Waals surface area contributed by atoms with Crippen LogP contribution in [0.5, 0.6) is 0 Å². The molecule has 0 spiro atoms. The van der Waals surface area contributed by atoms with Crippen LogP contribution in [0.3, 0.4) is 0 Å². The molecule has 0 heterocycles. The first-order chi connectivity index (χ1) is 8.11. The molecule has 94 valence electrons.